The zero-order valence-electron chi connectivity index (χ0n) is 21.8. The van der Waals surface area contributed by atoms with Crippen LogP contribution in [0.2, 0.25) is 5.02 Å². The first-order valence-corrected chi connectivity index (χ1v) is 14.1. The smallest absolute Gasteiger partial charge is 0.283 e. The first-order valence-electron chi connectivity index (χ1n) is 12.5. The standard InChI is InChI=1S/C25H30ClN7O4S2/c1-32(2)25(36)13-4-7-16(29-23(38)21(34)27-14-5-6-15(26)18(11-14)31-37)19(10-13)28-22(35)24-30-17-8-9-33(3)12-20(17)39-24/h5-6,11,13,16,19H,4,7-10,12H2,1-3H3,(H,27,34)(H,28,35)(H,29,38)/t13-,16-,19+/m0/s1. The number of hydrogen-bond acceptors (Lipinski definition) is 9. The van der Waals surface area contributed by atoms with E-state index >= 15 is 0 Å². The SMILES string of the molecule is CN1CCc2nc(C(=O)N[C@@H]3C[C@@H](C(=O)N(C)C)CC[C@@H]3NC(=S)C(=O)Nc3ccc(Cl)c(N=O)c3)sc2C1. The summed E-state index contributed by atoms with van der Waals surface area (Å²) in [6.45, 7) is 1.65. The van der Waals surface area contributed by atoms with Crippen LogP contribution in [0.25, 0.3) is 0 Å². The minimum absolute atomic E-state index is 0.00415. The average Bonchev–Trinajstić information content (AvgIpc) is 3.33. The number of thiazole rings is 1. The molecule has 0 saturated heterocycles. The first-order chi connectivity index (χ1) is 18.5. The molecule has 0 unspecified atom stereocenters. The fourth-order valence-corrected chi connectivity index (χ4v) is 6.27. The third kappa shape index (κ3) is 6.96. The van der Waals surface area contributed by atoms with E-state index in [1.165, 1.54) is 29.5 Å². The van der Waals surface area contributed by atoms with Crippen molar-refractivity contribution in [3.8, 4) is 0 Å². The summed E-state index contributed by atoms with van der Waals surface area (Å²) >= 11 is 12.6. The third-order valence-corrected chi connectivity index (χ3v) is 8.60. The number of anilines is 1. The maximum absolute atomic E-state index is 13.3. The van der Waals surface area contributed by atoms with E-state index in [0.29, 0.717) is 30.0 Å². The lowest BCUT2D eigenvalue weighted by atomic mass is 9.81. The molecule has 1 aliphatic carbocycles. The molecule has 0 bridgehead atoms. The molecule has 3 N–H and O–H groups in total. The van der Waals surface area contributed by atoms with Crippen molar-refractivity contribution in [3.05, 3.63) is 43.7 Å². The van der Waals surface area contributed by atoms with Crippen molar-refractivity contribution < 1.29 is 14.4 Å². The summed E-state index contributed by atoms with van der Waals surface area (Å²) in [6, 6.07) is 3.49. The second kappa shape index (κ2) is 12.5. The van der Waals surface area contributed by atoms with Crippen LogP contribution in [0.4, 0.5) is 11.4 Å². The predicted molar refractivity (Wildman–Crippen MR) is 154 cm³/mol. The third-order valence-electron chi connectivity index (χ3n) is 6.90. The number of aromatic nitrogens is 1. The van der Waals surface area contributed by atoms with Crippen molar-refractivity contribution in [2.45, 2.75) is 44.3 Å². The minimum Gasteiger partial charge on any atom is -0.367 e. The average molecular weight is 592 g/mol. The van der Waals surface area contributed by atoms with Gasteiger partial charge in [0.15, 0.2) is 10.00 Å². The highest BCUT2D eigenvalue weighted by molar-refractivity contribution is 7.82. The van der Waals surface area contributed by atoms with Gasteiger partial charge in [-0.15, -0.1) is 16.2 Å². The monoisotopic (exact) mass is 591 g/mol. The number of fused-ring (bicyclic) bond motifs is 1. The Morgan fingerprint density at radius 1 is 1.21 bits per heavy atom. The minimum atomic E-state index is -0.586. The lowest BCUT2D eigenvalue weighted by Crippen LogP contribution is -2.56. The molecule has 1 aliphatic heterocycles. The Kier molecular flexibility index (Phi) is 9.26. The van der Waals surface area contributed by atoms with E-state index in [2.05, 4.69) is 31.0 Å². The summed E-state index contributed by atoms with van der Waals surface area (Å²) < 4.78 is 0. The number of carbonyl (C=O) groups is 3. The van der Waals surface area contributed by atoms with Crippen LogP contribution in [0.15, 0.2) is 23.4 Å². The number of hydrogen-bond donors (Lipinski definition) is 3. The molecule has 0 radical (unpaired) electrons. The lowest BCUT2D eigenvalue weighted by molar-refractivity contribution is -0.134. The molecule has 2 aromatic rings. The van der Waals surface area contributed by atoms with Gasteiger partial charge >= 0.3 is 0 Å². The Morgan fingerprint density at radius 3 is 2.69 bits per heavy atom. The molecular weight excluding hydrogens is 562 g/mol. The highest BCUT2D eigenvalue weighted by atomic mass is 35.5. The summed E-state index contributed by atoms with van der Waals surface area (Å²) in [5, 5.41) is 12.1. The van der Waals surface area contributed by atoms with E-state index in [1.54, 1.807) is 19.0 Å². The number of benzene rings is 1. The van der Waals surface area contributed by atoms with Gasteiger partial charge in [0.05, 0.1) is 16.8 Å². The van der Waals surface area contributed by atoms with Crippen molar-refractivity contribution in [3.63, 3.8) is 0 Å². The molecule has 1 fully saturated rings. The molecule has 208 valence electrons. The van der Waals surface area contributed by atoms with Crippen LogP contribution < -0.4 is 16.0 Å². The fraction of sp³-hybridized carbons (Fsp3) is 0.480. The van der Waals surface area contributed by atoms with Gasteiger partial charge in [-0.05, 0) is 49.7 Å². The van der Waals surface area contributed by atoms with Crippen LogP contribution in [0, 0.1) is 10.8 Å². The van der Waals surface area contributed by atoms with Gasteiger partial charge in [-0.25, -0.2) is 4.98 Å². The molecule has 11 nitrogen and oxygen atoms in total. The number of rotatable bonds is 6. The van der Waals surface area contributed by atoms with E-state index < -0.39 is 11.9 Å². The van der Waals surface area contributed by atoms with Crippen LogP contribution in [0.5, 0.6) is 0 Å². The summed E-state index contributed by atoms with van der Waals surface area (Å²) in [4.78, 5) is 59.0. The number of halogens is 1. The van der Waals surface area contributed by atoms with Gasteiger partial charge < -0.3 is 25.8 Å². The molecule has 2 aliphatic rings. The van der Waals surface area contributed by atoms with E-state index in [1.807, 2.05) is 7.05 Å². The molecule has 3 atom stereocenters. The first kappa shape index (κ1) is 29.0. The maximum atomic E-state index is 13.3. The zero-order valence-corrected chi connectivity index (χ0v) is 24.2. The maximum Gasteiger partial charge on any atom is 0.283 e. The molecule has 1 saturated carbocycles. The number of nitroso groups, excluding NO2 is 1. The number of nitrogens with zero attached hydrogens (tertiary/aromatic N) is 4. The normalized spacial score (nSPS) is 20.9. The van der Waals surface area contributed by atoms with Crippen molar-refractivity contribution in [1.82, 2.24) is 25.4 Å². The van der Waals surface area contributed by atoms with Gasteiger partial charge in [0.1, 0.15) is 5.69 Å². The van der Waals surface area contributed by atoms with Crippen molar-refractivity contribution >= 4 is 69.2 Å². The van der Waals surface area contributed by atoms with Crippen LogP contribution >= 0.6 is 35.2 Å². The fourth-order valence-electron chi connectivity index (χ4n) is 4.82. The van der Waals surface area contributed by atoms with Crippen molar-refractivity contribution in [1.29, 1.82) is 0 Å². The van der Waals surface area contributed by atoms with Crippen LogP contribution in [-0.4, -0.2) is 77.3 Å². The topological polar surface area (TPSA) is 136 Å². The number of likely N-dealkylation sites (N-methyl/N-ethyl adjacent to an activating group) is 1. The predicted octanol–water partition coefficient (Wildman–Crippen LogP) is 3.09. The Balaban J connectivity index is 1.46. The second-order valence-electron chi connectivity index (χ2n) is 9.99. The number of thiocarbonyl (C=S) groups is 1. The molecule has 3 amide bonds. The van der Waals surface area contributed by atoms with Gasteiger partial charge in [-0.1, -0.05) is 23.8 Å². The largest absolute Gasteiger partial charge is 0.367 e. The van der Waals surface area contributed by atoms with Gasteiger partial charge in [0.25, 0.3) is 11.8 Å². The van der Waals surface area contributed by atoms with Crippen LogP contribution in [-0.2, 0) is 22.6 Å². The van der Waals surface area contributed by atoms with Crippen molar-refractivity contribution in [2.24, 2.45) is 11.1 Å². The Labute approximate surface area is 240 Å². The van der Waals surface area contributed by atoms with E-state index in [4.69, 9.17) is 23.8 Å². The number of carbonyl (C=O) groups excluding carboxylic acids is 3. The number of amides is 3. The zero-order chi connectivity index (χ0) is 28.3. The van der Waals surface area contributed by atoms with Gasteiger partial charge in [-0.2, -0.15) is 0 Å². The molecule has 2 heterocycles. The second-order valence-corrected chi connectivity index (χ2v) is 11.9. The quantitative estimate of drug-likeness (QED) is 0.344. The molecular formula is C25H30ClN7O4S2. The molecule has 0 spiro atoms. The number of nitrogens with one attached hydrogen (secondary N) is 3. The molecule has 39 heavy (non-hydrogen) atoms. The Hall–Kier alpha value is -3.00. The summed E-state index contributed by atoms with van der Waals surface area (Å²) in [6.07, 6.45) is 2.28. The van der Waals surface area contributed by atoms with E-state index in [-0.39, 0.29) is 39.5 Å². The Bertz CT molecular complexity index is 1300. The molecule has 1 aromatic carbocycles. The summed E-state index contributed by atoms with van der Waals surface area (Å²) in [5.74, 6) is -1.18. The highest BCUT2D eigenvalue weighted by Gasteiger charge is 2.37. The van der Waals surface area contributed by atoms with Crippen LogP contribution in [0.1, 0.15) is 39.6 Å². The molecule has 1 aromatic heterocycles. The van der Waals surface area contributed by atoms with E-state index in [9.17, 15) is 19.3 Å². The van der Waals surface area contributed by atoms with Gasteiger partial charge in [0.2, 0.25) is 5.91 Å². The molecule has 4 rings (SSSR count). The van der Waals surface area contributed by atoms with Crippen molar-refractivity contribution in [2.75, 3.05) is 33.0 Å². The lowest BCUT2D eigenvalue weighted by Gasteiger charge is -2.37. The highest BCUT2D eigenvalue weighted by Crippen LogP contribution is 2.29. The van der Waals surface area contributed by atoms with Crippen LogP contribution in [0.3, 0.4) is 0 Å². The van der Waals surface area contributed by atoms with Gasteiger partial charge in [-0.3, -0.25) is 14.4 Å². The summed E-state index contributed by atoms with van der Waals surface area (Å²) in [7, 11) is 5.45. The summed E-state index contributed by atoms with van der Waals surface area (Å²) in [5.41, 5.74) is 1.26. The van der Waals surface area contributed by atoms with E-state index in [0.717, 1.165) is 30.1 Å². The Morgan fingerprint density at radius 2 is 1.97 bits per heavy atom. The van der Waals surface area contributed by atoms with Gasteiger partial charge in [0, 0.05) is 56.1 Å². The molecule has 14 heteroatoms.